The molecule has 0 aliphatic heterocycles. The van der Waals surface area contributed by atoms with Crippen LogP contribution in [0, 0.1) is 0 Å². The van der Waals surface area contributed by atoms with E-state index in [2.05, 4.69) is 26.0 Å². The lowest BCUT2D eigenvalue weighted by atomic mass is 10.0. The average molecular weight is 720 g/mol. The Hall–Kier alpha value is -0.800. The molecule has 10 heteroatoms. The van der Waals surface area contributed by atoms with Crippen LogP contribution in [0.2, 0.25) is 0 Å². The predicted octanol–water partition coefficient (Wildman–Crippen LogP) is 10.8. The summed E-state index contributed by atoms with van der Waals surface area (Å²) in [6, 6.07) is 0. The van der Waals surface area contributed by atoms with Crippen LogP contribution < -0.4 is 5.73 Å². The minimum Gasteiger partial charge on any atom is -0.457 e. The van der Waals surface area contributed by atoms with E-state index in [1.54, 1.807) is 0 Å². The lowest BCUT2D eigenvalue weighted by Crippen LogP contribution is -2.30. The number of allylic oxidation sites excluding steroid dienone is 2. The first-order valence-corrected chi connectivity index (χ1v) is 21.8. The summed E-state index contributed by atoms with van der Waals surface area (Å²) in [7, 11) is -4.35. The van der Waals surface area contributed by atoms with Crippen LogP contribution in [0.1, 0.15) is 194 Å². The minimum atomic E-state index is -4.35. The molecular formula is C39H78NO8P. The van der Waals surface area contributed by atoms with Crippen LogP contribution in [0.4, 0.5) is 0 Å². The Balaban J connectivity index is 4.18. The molecule has 9 nitrogen and oxygen atoms in total. The Kier molecular flexibility index (Phi) is 36.4. The summed E-state index contributed by atoms with van der Waals surface area (Å²) in [5.74, 6) is -0.420. The van der Waals surface area contributed by atoms with E-state index < -0.39 is 26.2 Å². The number of aliphatic hydroxyl groups excluding tert-OH is 1. The largest absolute Gasteiger partial charge is 0.472 e. The van der Waals surface area contributed by atoms with Gasteiger partial charge in [-0.3, -0.25) is 13.8 Å². The van der Waals surface area contributed by atoms with E-state index in [4.69, 9.17) is 24.3 Å². The highest BCUT2D eigenvalue weighted by Crippen LogP contribution is 2.43. The highest BCUT2D eigenvalue weighted by molar-refractivity contribution is 7.47. The zero-order valence-electron chi connectivity index (χ0n) is 31.8. The maximum atomic E-state index is 12.6. The van der Waals surface area contributed by atoms with Gasteiger partial charge in [0.25, 0.3) is 0 Å². The van der Waals surface area contributed by atoms with E-state index in [-0.39, 0.29) is 32.8 Å². The molecule has 0 aliphatic rings. The van der Waals surface area contributed by atoms with Crippen LogP contribution >= 0.6 is 7.82 Å². The molecule has 2 unspecified atom stereocenters. The molecular weight excluding hydrogens is 641 g/mol. The minimum absolute atomic E-state index is 0.0662. The third-order valence-electron chi connectivity index (χ3n) is 8.77. The molecule has 0 aliphatic carbocycles. The van der Waals surface area contributed by atoms with E-state index in [1.165, 1.54) is 109 Å². The molecule has 0 saturated carbocycles. The standard InChI is InChI=1S/C39H78NO8P/c1-3-5-7-9-11-13-15-17-18-20-22-24-26-28-30-32-39(42)48-37(36-47-49(43,44)46-34-33-40)35-45-38(41)31-29-27-25-23-21-19-16-14-12-10-8-6-4-2/h17-18,37-38,41H,3-16,19-36,40H2,1-2H3,(H,43,44)/t37-,38?/m1/s1. The van der Waals surface area contributed by atoms with Gasteiger partial charge in [-0.05, 0) is 44.9 Å². The van der Waals surface area contributed by atoms with Gasteiger partial charge in [-0.15, -0.1) is 0 Å². The highest BCUT2D eigenvalue weighted by Gasteiger charge is 2.25. The fourth-order valence-electron chi connectivity index (χ4n) is 5.72. The van der Waals surface area contributed by atoms with Gasteiger partial charge in [0, 0.05) is 13.0 Å². The molecule has 49 heavy (non-hydrogen) atoms. The van der Waals surface area contributed by atoms with Crippen molar-refractivity contribution in [3.05, 3.63) is 12.2 Å². The molecule has 0 radical (unpaired) electrons. The molecule has 292 valence electrons. The van der Waals surface area contributed by atoms with Crippen molar-refractivity contribution in [2.75, 3.05) is 26.4 Å². The topological polar surface area (TPSA) is 138 Å². The second-order valence-electron chi connectivity index (χ2n) is 13.7. The molecule has 0 heterocycles. The van der Waals surface area contributed by atoms with Crippen molar-refractivity contribution in [2.24, 2.45) is 5.73 Å². The number of aliphatic hydroxyl groups is 1. The number of hydrogen-bond donors (Lipinski definition) is 3. The Labute approximate surface area is 301 Å². The van der Waals surface area contributed by atoms with E-state index in [1.807, 2.05) is 0 Å². The number of carbonyl (C=O) groups is 1. The average Bonchev–Trinajstić information content (AvgIpc) is 3.08. The number of rotatable bonds is 39. The number of ether oxygens (including phenoxy) is 2. The molecule has 4 N–H and O–H groups in total. The van der Waals surface area contributed by atoms with E-state index in [0.29, 0.717) is 12.8 Å². The smallest absolute Gasteiger partial charge is 0.457 e. The molecule has 0 fully saturated rings. The predicted molar refractivity (Wildman–Crippen MR) is 202 cm³/mol. The van der Waals surface area contributed by atoms with Gasteiger partial charge in [0.2, 0.25) is 0 Å². The fourth-order valence-corrected chi connectivity index (χ4v) is 6.49. The molecule has 0 bridgehead atoms. The van der Waals surface area contributed by atoms with Crippen LogP contribution in [0.3, 0.4) is 0 Å². The lowest BCUT2D eigenvalue weighted by molar-refractivity contribution is -0.166. The van der Waals surface area contributed by atoms with E-state index in [0.717, 1.165) is 51.4 Å². The molecule has 0 amide bonds. The van der Waals surface area contributed by atoms with Crippen molar-refractivity contribution in [1.29, 1.82) is 0 Å². The second-order valence-corrected chi connectivity index (χ2v) is 15.1. The van der Waals surface area contributed by atoms with Gasteiger partial charge in [-0.1, -0.05) is 154 Å². The van der Waals surface area contributed by atoms with Gasteiger partial charge in [-0.2, -0.15) is 0 Å². The van der Waals surface area contributed by atoms with Gasteiger partial charge in [0.15, 0.2) is 6.29 Å². The van der Waals surface area contributed by atoms with Gasteiger partial charge < -0.3 is 25.2 Å². The zero-order chi connectivity index (χ0) is 36.1. The first-order chi connectivity index (χ1) is 23.8. The van der Waals surface area contributed by atoms with Gasteiger partial charge in [-0.25, -0.2) is 4.57 Å². The number of unbranched alkanes of at least 4 members (excludes halogenated alkanes) is 23. The van der Waals surface area contributed by atoms with Crippen LogP contribution in [0.5, 0.6) is 0 Å². The summed E-state index contributed by atoms with van der Waals surface area (Å²) in [5.41, 5.74) is 5.34. The third kappa shape index (κ3) is 36.8. The van der Waals surface area contributed by atoms with Crippen molar-refractivity contribution >= 4 is 13.8 Å². The SMILES string of the molecule is CCCCCCCCC=CCCCCCCCC(=O)O[C@H](COC(O)CCCCCCCCCCCCCCC)COP(=O)(O)OCCN. The number of hydrogen-bond acceptors (Lipinski definition) is 8. The summed E-state index contributed by atoms with van der Waals surface area (Å²) in [5, 5.41) is 10.4. The first kappa shape index (κ1) is 48.2. The molecule has 0 saturated heterocycles. The maximum Gasteiger partial charge on any atom is 0.472 e. The summed E-state index contributed by atoms with van der Waals surface area (Å²) in [6.07, 6.45) is 34.9. The van der Waals surface area contributed by atoms with Crippen molar-refractivity contribution in [1.82, 2.24) is 0 Å². The number of esters is 1. The van der Waals surface area contributed by atoms with Crippen LogP contribution in [-0.2, 0) is 27.9 Å². The highest BCUT2D eigenvalue weighted by atomic mass is 31.2. The van der Waals surface area contributed by atoms with Crippen LogP contribution in [0.15, 0.2) is 12.2 Å². The number of carbonyl (C=O) groups excluding carboxylic acids is 1. The van der Waals surface area contributed by atoms with Crippen molar-refractivity contribution in [3.8, 4) is 0 Å². The summed E-state index contributed by atoms with van der Waals surface area (Å²) in [6.45, 7) is 3.90. The molecule has 0 aromatic rings. The maximum absolute atomic E-state index is 12.6. The Morgan fingerprint density at radius 1 is 0.653 bits per heavy atom. The Bertz CT molecular complexity index is 784. The van der Waals surface area contributed by atoms with Gasteiger partial charge >= 0.3 is 13.8 Å². The summed E-state index contributed by atoms with van der Waals surface area (Å²) >= 11 is 0. The quantitative estimate of drug-likeness (QED) is 0.0186. The number of nitrogens with two attached hydrogens (primary N) is 1. The molecule has 3 atom stereocenters. The zero-order valence-corrected chi connectivity index (χ0v) is 32.7. The van der Waals surface area contributed by atoms with Crippen molar-refractivity contribution < 1.29 is 37.9 Å². The monoisotopic (exact) mass is 720 g/mol. The molecule has 0 rings (SSSR count). The molecule has 0 aromatic carbocycles. The summed E-state index contributed by atoms with van der Waals surface area (Å²) < 4.78 is 33.0. The second kappa shape index (κ2) is 37.0. The van der Waals surface area contributed by atoms with E-state index in [9.17, 15) is 19.4 Å². The molecule has 0 spiro atoms. The third-order valence-corrected chi connectivity index (χ3v) is 9.75. The van der Waals surface area contributed by atoms with Gasteiger partial charge in [0.1, 0.15) is 6.10 Å². The normalized spacial score (nSPS) is 14.3. The number of phosphoric ester groups is 1. The Morgan fingerprint density at radius 3 is 1.59 bits per heavy atom. The van der Waals surface area contributed by atoms with E-state index >= 15 is 0 Å². The molecule has 0 aromatic heterocycles. The fraction of sp³-hybridized carbons (Fsp3) is 0.923. The Morgan fingerprint density at radius 2 is 1.10 bits per heavy atom. The number of phosphoric acid groups is 1. The van der Waals surface area contributed by atoms with Crippen molar-refractivity contribution in [2.45, 2.75) is 206 Å². The first-order valence-electron chi connectivity index (χ1n) is 20.3. The van der Waals surface area contributed by atoms with Gasteiger partial charge in [0.05, 0.1) is 19.8 Å². The lowest BCUT2D eigenvalue weighted by Gasteiger charge is -2.21. The van der Waals surface area contributed by atoms with Crippen molar-refractivity contribution in [3.63, 3.8) is 0 Å². The van der Waals surface area contributed by atoms with Crippen LogP contribution in [0.25, 0.3) is 0 Å². The van der Waals surface area contributed by atoms with Crippen LogP contribution in [-0.4, -0.2) is 54.7 Å². The summed E-state index contributed by atoms with van der Waals surface area (Å²) in [4.78, 5) is 22.4.